The van der Waals surface area contributed by atoms with Crippen LogP contribution in [0.1, 0.15) is 16.2 Å². The first-order valence-electron chi connectivity index (χ1n) is 8.83. The van der Waals surface area contributed by atoms with Crippen molar-refractivity contribution in [1.29, 1.82) is 0 Å². The summed E-state index contributed by atoms with van der Waals surface area (Å²) in [6.45, 7) is 0.0821. The van der Waals surface area contributed by atoms with E-state index >= 15 is 0 Å². The summed E-state index contributed by atoms with van der Waals surface area (Å²) >= 11 is 6.38. The van der Waals surface area contributed by atoms with Crippen molar-refractivity contribution in [2.75, 3.05) is 7.11 Å². The Balaban J connectivity index is 1.50. The number of hydrogen-bond acceptors (Lipinski definition) is 5. The lowest BCUT2D eigenvalue weighted by molar-refractivity contribution is 0.0943. The number of carbonyl (C=O) groups excluding carboxylic acids is 1. The summed E-state index contributed by atoms with van der Waals surface area (Å²) in [5.41, 5.74) is 1.87. The minimum absolute atomic E-state index is 0.0821. The molecular formula is C21H17ClN4O3. The monoisotopic (exact) mass is 408 g/mol. The van der Waals surface area contributed by atoms with Gasteiger partial charge in [0, 0.05) is 24.0 Å². The van der Waals surface area contributed by atoms with Gasteiger partial charge in [-0.05, 0) is 18.2 Å². The van der Waals surface area contributed by atoms with Crippen LogP contribution < -0.4 is 10.1 Å². The molecule has 0 aliphatic rings. The summed E-state index contributed by atoms with van der Waals surface area (Å²) in [5.74, 6) is 0.811. The first-order chi connectivity index (χ1) is 14.2. The van der Waals surface area contributed by atoms with Crippen LogP contribution in [0.2, 0.25) is 5.02 Å². The highest BCUT2D eigenvalue weighted by Crippen LogP contribution is 2.30. The minimum Gasteiger partial charge on any atom is -0.496 e. The lowest BCUT2D eigenvalue weighted by Gasteiger charge is -2.13. The number of benzene rings is 2. The van der Waals surface area contributed by atoms with Gasteiger partial charge in [-0.3, -0.25) is 4.79 Å². The zero-order valence-electron chi connectivity index (χ0n) is 15.5. The van der Waals surface area contributed by atoms with Gasteiger partial charge in [-0.25, -0.2) is 0 Å². The van der Waals surface area contributed by atoms with Gasteiger partial charge in [0.25, 0.3) is 5.91 Å². The predicted molar refractivity (Wildman–Crippen MR) is 108 cm³/mol. The zero-order valence-corrected chi connectivity index (χ0v) is 16.3. The van der Waals surface area contributed by atoms with Crippen molar-refractivity contribution in [2.45, 2.75) is 6.54 Å². The van der Waals surface area contributed by atoms with Crippen LogP contribution in [0.4, 0.5) is 0 Å². The van der Waals surface area contributed by atoms with Gasteiger partial charge in [-0.15, -0.1) is 0 Å². The van der Waals surface area contributed by atoms with Gasteiger partial charge < -0.3 is 19.1 Å². The Morgan fingerprint density at radius 1 is 1.17 bits per heavy atom. The van der Waals surface area contributed by atoms with Crippen LogP contribution in [0, 0.1) is 0 Å². The molecule has 8 heteroatoms. The van der Waals surface area contributed by atoms with Crippen LogP contribution in [0.25, 0.3) is 17.1 Å². The second-order valence-corrected chi connectivity index (χ2v) is 6.56. The third kappa shape index (κ3) is 4.00. The van der Waals surface area contributed by atoms with Gasteiger partial charge in [-0.2, -0.15) is 4.98 Å². The number of amides is 1. The van der Waals surface area contributed by atoms with Crippen molar-refractivity contribution in [1.82, 2.24) is 20.0 Å². The molecule has 0 spiro atoms. The smallest absolute Gasteiger partial charge is 0.255 e. The molecule has 0 fully saturated rings. The topological polar surface area (TPSA) is 82.2 Å². The number of rotatable bonds is 6. The van der Waals surface area contributed by atoms with Crippen LogP contribution in [0.15, 0.2) is 71.5 Å². The van der Waals surface area contributed by atoms with Gasteiger partial charge >= 0.3 is 0 Å². The number of nitrogens with one attached hydrogen (secondary N) is 1. The fourth-order valence-corrected chi connectivity index (χ4v) is 3.13. The van der Waals surface area contributed by atoms with Crippen LogP contribution >= 0.6 is 11.6 Å². The molecule has 4 rings (SSSR count). The Kier molecular flexibility index (Phi) is 5.31. The molecule has 0 atom stereocenters. The summed E-state index contributed by atoms with van der Waals surface area (Å²) in [4.78, 5) is 17.0. The Labute approximate surface area is 171 Å². The van der Waals surface area contributed by atoms with Gasteiger partial charge in [0.05, 0.1) is 29.9 Å². The SMILES string of the molecule is COc1cc(-n2cccc2)c(Cl)cc1C(=O)NCc1nc(-c2ccccc2)no1. The fourth-order valence-electron chi connectivity index (χ4n) is 2.86. The van der Waals surface area contributed by atoms with Crippen LogP contribution in [0.5, 0.6) is 5.75 Å². The number of methoxy groups -OCH3 is 1. The molecule has 0 unspecified atom stereocenters. The summed E-state index contributed by atoms with van der Waals surface area (Å²) in [6, 6.07) is 16.5. The summed E-state index contributed by atoms with van der Waals surface area (Å²) in [5, 5.41) is 7.12. The van der Waals surface area contributed by atoms with Gasteiger partial charge in [0.2, 0.25) is 11.7 Å². The molecule has 2 aromatic heterocycles. The maximum atomic E-state index is 12.7. The molecule has 1 N–H and O–H groups in total. The third-order valence-electron chi connectivity index (χ3n) is 4.30. The maximum Gasteiger partial charge on any atom is 0.255 e. The number of ether oxygens (including phenoxy) is 1. The lowest BCUT2D eigenvalue weighted by atomic mass is 10.1. The van der Waals surface area contributed by atoms with Crippen LogP contribution in [-0.4, -0.2) is 27.7 Å². The van der Waals surface area contributed by atoms with Crippen LogP contribution in [-0.2, 0) is 6.54 Å². The number of carbonyl (C=O) groups is 1. The molecule has 0 saturated heterocycles. The van der Waals surface area contributed by atoms with Crippen molar-refractivity contribution >= 4 is 17.5 Å². The maximum absolute atomic E-state index is 12.7. The van der Waals surface area contributed by atoms with E-state index < -0.39 is 0 Å². The summed E-state index contributed by atoms with van der Waals surface area (Å²) in [6.07, 6.45) is 3.72. The highest BCUT2D eigenvalue weighted by molar-refractivity contribution is 6.33. The van der Waals surface area contributed by atoms with Gasteiger partial charge in [-0.1, -0.05) is 47.1 Å². The largest absolute Gasteiger partial charge is 0.496 e. The summed E-state index contributed by atoms with van der Waals surface area (Å²) < 4.78 is 12.5. The van der Waals surface area contributed by atoms with Crippen molar-refractivity contribution in [3.63, 3.8) is 0 Å². The molecule has 146 valence electrons. The Morgan fingerprint density at radius 3 is 2.66 bits per heavy atom. The highest BCUT2D eigenvalue weighted by atomic mass is 35.5. The Morgan fingerprint density at radius 2 is 1.93 bits per heavy atom. The van der Waals surface area contributed by atoms with E-state index in [9.17, 15) is 4.79 Å². The molecule has 0 bridgehead atoms. The highest BCUT2D eigenvalue weighted by Gasteiger charge is 2.17. The molecule has 29 heavy (non-hydrogen) atoms. The Bertz CT molecular complexity index is 1120. The quantitative estimate of drug-likeness (QED) is 0.519. The normalized spacial score (nSPS) is 10.7. The van der Waals surface area contributed by atoms with Crippen molar-refractivity contribution in [2.24, 2.45) is 0 Å². The van der Waals surface area contributed by atoms with E-state index in [0.29, 0.717) is 28.1 Å². The first-order valence-corrected chi connectivity index (χ1v) is 9.20. The fraction of sp³-hybridized carbons (Fsp3) is 0.0952. The lowest BCUT2D eigenvalue weighted by Crippen LogP contribution is -2.23. The zero-order chi connectivity index (χ0) is 20.2. The molecule has 7 nitrogen and oxygen atoms in total. The average Bonchev–Trinajstić information content (AvgIpc) is 3.45. The molecule has 0 radical (unpaired) electrons. The van der Waals surface area contributed by atoms with E-state index in [2.05, 4.69) is 15.5 Å². The van der Waals surface area contributed by atoms with Crippen LogP contribution in [0.3, 0.4) is 0 Å². The standard InChI is InChI=1S/C21H17ClN4O3/c1-28-18-12-17(26-9-5-6-10-26)16(22)11-15(18)21(27)23-13-19-24-20(25-29-19)14-7-3-2-4-8-14/h2-12H,13H2,1H3,(H,23,27). The van der Waals surface area contributed by atoms with E-state index in [0.717, 1.165) is 11.3 Å². The first kappa shape index (κ1) is 18.8. The second-order valence-electron chi connectivity index (χ2n) is 6.15. The summed E-state index contributed by atoms with van der Waals surface area (Å²) in [7, 11) is 1.50. The molecule has 0 aliphatic heterocycles. The number of hydrogen-bond donors (Lipinski definition) is 1. The average molecular weight is 409 g/mol. The molecule has 2 aromatic carbocycles. The van der Waals surface area contributed by atoms with Crippen molar-refractivity contribution in [3.05, 3.63) is 83.5 Å². The molecule has 0 saturated carbocycles. The van der Waals surface area contributed by atoms with E-state index in [1.54, 1.807) is 12.1 Å². The van der Waals surface area contributed by atoms with E-state index in [1.807, 2.05) is 59.4 Å². The Hall–Kier alpha value is -3.58. The molecule has 4 aromatic rings. The van der Waals surface area contributed by atoms with E-state index in [-0.39, 0.29) is 12.5 Å². The van der Waals surface area contributed by atoms with E-state index in [4.69, 9.17) is 20.9 Å². The third-order valence-corrected chi connectivity index (χ3v) is 4.60. The molecule has 2 heterocycles. The molecule has 0 aliphatic carbocycles. The van der Waals surface area contributed by atoms with E-state index in [1.165, 1.54) is 7.11 Å². The predicted octanol–water partition coefficient (Wildman–Crippen LogP) is 4.12. The number of halogens is 1. The van der Waals surface area contributed by atoms with Gasteiger partial charge in [0.1, 0.15) is 5.75 Å². The van der Waals surface area contributed by atoms with Gasteiger partial charge in [0.15, 0.2) is 0 Å². The van der Waals surface area contributed by atoms with Crippen molar-refractivity contribution < 1.29 is 14.1 Å². The number of aromatic nitrogens is 3. The molecular weight excluding hydrogens is 392 g/mol. The second kappa shape index (κ2) is 8.20. The minimum atomic E-state index is -0.359. The van der Waals surface area contributed by atoms with Crippen molar-refractivity contribution in [3.8, 4) is 22.8 Å². The number of nitrogens with zero attached hydrogens (tertiary/aromatic N) is 3. The molecule has 1 amide bonds.